The van der Waals surface area contributed by atoms with Crippen LogP contribution < -0.4 is 20.3 Å². The molecule has 0 aliphatic carbocycles. The number of hydrogen-bond acceptors (Lipinski definition) is 3. The molecular formula is C20H28N4O. The second kappa shape index (κ2) is 9.57. The van der Waals surface area contributed by atoms with Crippen molar-refractivity contribution < 1.29 is 4.74 Å². The normalized spacial score (nSPS) is 11.1. The SMILES string of the molecule is CN=C(NCCc1ccc(OC)cc1)NCc1cccc(N(C)C)c1. The summed E-state index contributed by atoms with van der Waals surface area (Å²) in [6, 6.07) is 16.6. The summed E-state index contributed by atoms with van der Waals surface area (Å²) in [5.74, 6) is 1.69. The predicted octanol–water partition coefficient (Wildman–Crippen LogP) is 2.67. The molecule has 134 valence electrons. The molecule has 0 atom stereocenters. The molecule has 0 radical (unpaired) electrons. The zero-order chi connectivity index (χ0) is 18.1. The summed E-state index contributed by atoms with van der Waals surface area (Å²) in [5.41, 5.74) is 3.69. The van der Waals surface area contributed by atoms with Crippen LogP contribution in [0.1, 0.15) is 11.1 Å². The van der Waals surface area contributed by atoms with Crippen molar-refractivity contribution in [2.24, 2.45) is 4.99 Å². The lowest BCUT2D eigenvalue weighted by molar-refractivity contribution is 0.414. The van der Waals surface area contributed by atoms with Crippen LogP contribution in [0.5, 0.6) is 5.75 Å². The van der Waals surface area contributed by atoms with Crippen LogP contribution in [0.4, 0.5) is 5.69 Å². The van der Waals surface area contributed by atoms with E-state index in [1.807, 2.05) is 26.2 Å². The number of methoxy groups -OCH3 is 1. The first kappa shape index (κ1) is 18.6. The predicted molar refractivity (Wildman–Crippen MR) is 106 cm³/mol. The summed E-state index contributed by atoms with van der Waals surface area (Å²) in [4.78, 5) is 6.39. The average molecular weight is 340 g/mol. The fraction of sp³-hybridized carbons (Fsp3) is 0.350. The molecule has 0 fully saturated rings. The second-order valence-corrected chi connectivity index (χ2v) is 6.01. The Labute approximate surface area is 150 Å². The Balaban J connectivity index is 1.79. The molecular weight excluding hydrogens is 312 g/mol. The lowest BCUT2D eigenvalue weighted by Crippen LogP contribution is -2.37. The van der Waals surface area contributed by atoms with Gasteiger partial charge in [0.15, 0.2) is 5.96 Å². The van der Waals surface area contributed by atoms with E-state index in [1.165, 1.54) is 16.8 Å². The van der Waals surface area contributed by atoms with Crippen LogP contribution >= 0.6 is 0 Å². The first-order valence-corrected chi connectivity index (χ1v) is 8.46. The Morgan fingerprint density at radius 3 is 2.44 bits per heavy atom. The van der Waals surface area contributed by atoms with Gasteiger partial charge in [-0.15, -0.1) is 0 Å². The highest BCUT2D eigenvalue weighted by atomic mass is 16.5. The molecule has 0 saturated heterocycles. The van der Waals surface area contributed by atoms with E-state index in [-0.39, 0.29) is 0 Å². The Bertz CT molecular complexity index is 680. The number of benzene rings is 2. The maximum atomic E-state index is 5.18. The summed E-state index contributed by atoms with van der Waals surface area (Å²) in [6.07, 6.45) is 0.931. The number of anilines is 1. The standard InChI is InChI=1S/C20H28N4O/c1-21-20(22-13-12-16-8-10-19(25-4)11-9-16)23-15-17-6-5-7-18(14-17)24(2)3/h5-11,14H,12-13,15H2,1-4H3,(H2,21,22,23). The van der Waals surface area contributed by atoms with Crippen molar-refractivity contribution in [2.75, 3.05) is 39.7 Å². The maximum Gasteiger partial charge on any atom is 0.191 e. The van der Waals surface area contributed by atoms with Crippen LogP contribution in [0, 0.1) is 0 Å². The van der Waals surface area contributed by atoms with Gasteiger partial charge in [0.2, 0.25) is 0 Å². The van der Waals surface area contributed by atoms with E-state index in [4.69, 9.17) is 4.74 Å². The molecule has 2 aromatic carbocycles. The van der Waals surface area contributed by atoms with Crippen LogP contribution in [-0.2, 0) is 13.0 Å². The highest BCUT2D eigenvalue weighted by Gasteiger charge is 2.01. The minimum atomic E-state index is 0.740. The molecule has 5 heteroatoms. The minimum Gasteiger partial charge on any atom is -0.497 e. The third-order valence-electron chi connectivity index (χ3n) is 3.98. The number of nitrogens with one attached hydrogen (secondary N) is 2. The van der Waals surface area contributed by atoms with Gasteiger partial charge in [-0.3, -0.25) is 4.99 Å². The fourth-order valence-electron chi connectivity index (χ4n) is 2.47. The van der Waals surface area contributed by atoms with Gasteiger partial charge in [0.1, 0.15) is 5.75 Å². The Hall–Kier alpha value is -2.69. The third kappa shape index (κ3) is 6.03. The van der Waals surface area contributed by atoms with Gasteiger partial charge in [0, 0.05) is 39.9 Å². The Morgan fingerprint density at radius 2 is 1.80 bits per heavy atom. The van der Waals surface area contributed by atoms with E-state index in [0.717, 1.165) is 31.2 Å². The van der Waals surface area contributed by atoms with E-state index in [0.29, 0.717) is 0 Å². The first-order chi connectivity index (χ1) is 12.1. The third-order valence-corrected chi connectivity index (χ3v) is 3.98. The van der Waals surface area contributed by atoms with Gasteiger partial charge in [-0.2, -0.15) is 0 Å². The zero-order valence-electron chi connectivity index (χ0n) is 15.5. The van der Waals surface area contributed by atoms with Gasteiger partial charge in [-0.05, 0) is 41.8 Å². The Morgan fingerprint density at radius 1 is 1.04 bits per heavy atom. The molecule has 0 bridgehead atoms. The van der Waals surface area contributed by atoms with Gasteiger partial charge < -0.3 is 20.3 Å². The van der Waals surface area contributed by atoms with Crippen LogP contribution in [0.3, 0.4) is 0 Å². The van der Waals surface area contributed by atoms with Gasteiger partial charge in [0.05, 0.1) is 7.11 Å². The van der Waals surface area contributed by atoms with Crippen LogP contribution in [0.15, 0.2) is 53.5 Å². The van der Waals surface area contributed by atoms with Crippen molar-refractivity contribution >= 4 is 11.6 Å². The number of rotatable bonds is 7. The van der Waals surface area contributed by atoms with Crippen LogP contribution in [0.2, 0.25) is 0 Å². The van der Waals surface area contributed by atoms with Crippen molar-refractivity contribution in [3.63, 3.8) is 0 Å². The number of nitrogens with zero attached hydrogens (tertiary/aromatic N) is 2. The molecule has 25 heavy (non-hydrogen) atoms. The van der Waals surface area contributed by atoms with E-state index in [9.17, 15) is 0 Å². The Kier molecular flexibility index (Phi) is 7.14. The lowest BCUT2D eigenvalue weighted by Gasteiger charge is -2.15. The first-order valence-electron chi connectivity index (χ1n) is 8.46. The van der Waals surface area contributed by atoms with Crippen molar-refractivity contribution in [1.82, 2.24) is 10.6 Å². The number of guanidine groups is 1. The summed E-state index contributed by atoms with van der Waals surface area (Å²) in [5, 5.41) is 6.71. The van der Waals surface area contributed by atoms with Gasteiger partial charge in [-0.25, -0.2) is 0 Å². The largest absolute Gasteiger partial charge is 0.497 e. The zero-order valence-corrected chi connectivity index (χ0v) is 15.5. The molecule has 0 aliphatic rings. The van der Waals surface area contributed by atoms with Gasteiger partial charge in [-0.1, -0.05) is 24.3 Å². The molecule has 0 saturated carbocycles. The molecule has 2 aromatic rings. The summed E-state index contributed by atoms with van der Waals surface area (Å²) < 4.78 is 5.18. The average Bonchev–Trinajstić information content (AvgIpc) is 2.65. The van der Waals surface area contributed by atoms with Gasteiger partial charge in [0.25, 0.3) is 0 Å². The lowest BCUT2D eigenvalue weighted by atomic mass is 10.1. The minimum absolute atomic E-state index is 0.740. The highest BCUT2D eigenvalue weighted by Crippen LogP contribution is 2.13. The second-order valence-electron chi connectivity index (χ2n) is 6.01. The summed E-state index contributed by atoms with van der Waals surface area (Å²) >= 11 is 0. The van der Waals surface area contributed by atoms with E-state index >= 15 is 0 Å². The number of hydrogen-bond donors (Lipinski definition) is 2. The fourth-order valence-corrected chi connectivity index (χ4v) is 2.47. The van der Waals surface area contributed by atoms with Crippen LogP contribution in [-0.4, -0.2) is 40.8 Å². The molecule has 0 heterocycles. The molecule has 0 spiro atoms. The smallest absolute Gasteiger partial charge is 0.191 e. The molecule has 0 unspecified atom stereocenters. The van der Waals surface area contributed by atoms with Crippen molar-refractivity contribution in [1.29, 1.82) is 0 Å². The molecule has 2 N–H and O–H groups in total. The van der Waals surface area contributed by atoms with Crippen molar-refractivity contribution in [3.05, 3.63) is 59.7 Å². The topological polar surface area (TPSA) is 48.9 Å². The molecule has 2 rings (SSSR count). The molecule has 0 aromatic heterocycles. The maximum absolute atomic E-state index is 5.18. The van der Waals surface area contributed by atoms with Gasteiger partial charge >= 0.3 is 0 Å². The van der Waals surface area contributed by atoms with E-state index in [2.05, 4.69) is 56.9 Å². The van der Waals surface area contributed by atoms with E-state index < -0.39 is 0 Å². The van der Waals surface area contributed by atoms with E-state index in [1.54, 1.807) is 14.2 Å². The summed E-state index contributed by atoms with van der Waals surface area (Å²) in [6.45, 7) is 1.56. The molecule has 0 amide bonds. The monoisotopic (exact) mass is 340 g/mol. The van der Waals surface area contributed by atoms with Crippen LogP contribution in [0.25, 0.3) is 0 Å². The highest BCUT2D eigenvalue weighted by molar-refractivity contribution is 5.79. The van der Waals surface area contributed by atoms with Crippen molar-refractivity contribution in [2.45, 2.75) is 13.0 Å². The summed E-state index contributed by atoms with van der Waals surface area (Å²) in [7, 11) is 7.57. The van der Waals surface area contributed by atoms with Crippen molar-refractivity contribution in [3.8, 4) is 5.75 Å². The molecule has 0 aliphatic heterocycles. The number of ether oxygens (including phenoxy) is 1. The quantitative estimate of drug-likeness (QED) is 0.601. The molecule has 5 nitrogen and oxygen atoms in total. The number of aliphatic imine (C=N–C) groups is 1.